The minimum absolute atomic E-state index is 0.0569. The molecule has 0 aliphatic heterocycles. The van der Waals surface area contributed by atoms with Crippen LogP contribution in [0.4, 0.5) is 0 Å². The van der Waals surface area contributed by atoms with E-state index in [0.29, 0.717) is 11.4 Å². The predicted octanol–water partition coefficient (Wildman–Crippen LogP) is 2.64. The first-order valence-corrected chi connectivity index (χ1v) is 6.76. The molecule has 0 fully saturated rings. The average molecular weight is 288 g/mol. The van der Waals surface area contributed by atoms with Gasteiger partial charge < -0.3 is 5.11 Å². The van der Waals surface area contributed by atoms with Gasteiger partial charge in [-0.15, -0.1) is 0 Å². The number of halogens is 1. The summed E-state index contributed by atoms with van der Waals surface area (Å²) in [6, 6.07) is 0.0368. The number of carboxylic acids is 1. The monoisotopic (exact) mass is 287 g/mol. The van der Waals surface area contributed by atoms with Crippen molar-refractivity contribution in [2.45, 2.75) is 58.7 Å². The molecule has 0 aliphatic rings. The number of rotatable bonds is 6. The SMILES string of the molecule is Cc1nn(C(C)CC(C)(NC(C)C)C(=O)O)cc1Cl. The highest BCUT2D eigenvalue weighted by atomic mass is 35.5. The second kappa shape index (κ2) is 5.92. The molecule has 0 spiro atoms. The number of nitrogens with one attached hydrogen (secondary N) is 1. The largest absolute Gasteiger partial charge is 0.480 e. The molecule has 5 nitrogen and oxygen atoms in total. The number of nitrogens with zero attached hydrogens (tertiary/aromatic N) is 2. The summed E-state index contributed by atoms with van der Waals surface area (Å²) >= 11 is 5.98. The minimum Gasteiger partial charge on any atom is -0.480 e. The van der Waals surface area contributed by atoms with E-state index in [1.54, 1.807) is 17.8 Å². The van der Waals surface area contributed by atoms with Crippen molar-refractivity contribution in [2.24, 2.45) is 0 Å². The van der Waals surface area contributed by atoms with E-state index in [9.17, 15) is 9.90 Å². The fourth-order valence-corrected chi connectivity index (χ4v) is 2.35. The van der Waals surface area contributed by atoms with Crippen molar-refractivity contribution in [1.29, 1.82) is 0 Å². The lowest BCUT2D eigenvalue weighted by Crippen LogP contribution is -2.53. The van der Waals surface area contributed by atoms with Crippen LogP contribution in [-0.2, 0) is 4.79 Å². The third kappa shape index (κ3) is 3.94. The van der Waals surface area contributed by atoms with E-state index in [4.69, 9.17) is 11.6 Å². The molecular formula is C13H22ClN3O2. The molecular weight excluding hydrogens is 266 g/mol. The van der Waals surface area contributed by atoms with Crippen molar-refractivity contribution in [1.82, 2.24) is 15.1 Å². The molecule has 0 saturated heterocycles. The lowest BCUT2D eigenvalue weighted by Gasteiger charge is -2.31. The molecule has 0 radical (unpaired) electrons. The number of carboxylic acid groups (broad SMARTS) is 1. The van der Waals surface area contributed by atoms with Crippen LogP contribution in [0.3, 0.4) is 0 Å². The van der Waals surface area contributed by atoms with Gasteiger partial charge in [-0.3, -0.25) is 14.8 Å². The molecule has 1 rings (SSSR count). The van der Waals surface area contributed by atoms with E-state index in [1.807, 2.05) is 27.7 Å². The molecule has 6 heteroatoms. The van der Waals surface area contributed by atoms with Gasteiger partial charge in [0.2, 0.25) is 0 Å². The van der Waals surface area contributed by atoms with E-state index in [1.165, 1.54) is 0 Å². The molecule has 1 heterocycles. The lowest BCUT2D eigenvalue weighted by molar-refractivity contribution is -0.145. The Kier molecular flexibility index (Phi) is 4.98. The van der Waals surface area contributed by atoms with Crippen LogP contribution in [0.2, 0.25) is 5.02 Å². The Morgan fingerprint density at radius 2 is 2.16 bits per heavy atom. The van der Waals surface area contributed by atoms with Gasteiger partial charge in [0.1, 0.15) is 5.54 Å². The second-order valence-electron chi connectivity index (χ2n) is 5.53. The zero-order valence-electron chi connectivity index (χ0n) is 12.1. The van der Waals surface area contributed by atoms with Crippen LogP contribution in [0.15, 0.2) is 6.20 Å². The van der Waals surface area contributed by atoms with Gasteiger partial charge in [0.15, 0.2) is 0 Å². The summed E-state index contributed by atoms with van der Waals surface area (Å²) < 4.78 is 1.72. The van der Waals surface area contributed by atoms with Gasteiger partial charge in [0, 0.05) is 12.2 Å². The number of aliphatic carboxylic acids is 1. The topological polar surface area (TPSA) is 67.2 Å². The van der Waals surface area contributed by atoms with Crippen LogP contribution in [0.5, 0.6) is 0 Å². The highest BCUT2D eigenvalue weighted by Crippen LogP contribution is 2.24. The van der Waals surface area contributed by atoms with Gasteiger partial charge in [-0.1, -0.05) is 11.6 Å². The van der Waals surface area contributed by atoms with Crippen LogP contribution < -0.4 is 5.32 Å². The van der Waals surface area contributed by atoms with Crippen LogP contribution in [0.25, 0.3) is 0 Å². The Hall–Kier alpha value is -1.07. The molecule has 19 heavy (non-hydrogen) atoms. The Balaban J connectivity index is 2.87. The van der Waals surface area contributed by atoms with Gasteiger partial charge in [-0.05, 0) is 41.0 Å². The molecule has 2 atom stereocenters. The smallest absolute Gasteiger partial charge is 0.323 e. The Morgan fingerprint density at radius 1 is 1.58 bits per heavy atom. The van der Waals surface area contributed by atoms with Crippen LogP contribution in [0.1, 0.15) is 45.9 Å². The first kappa shape index (κ1) is 16.0. The fraction of sp³-hybridized carbons (Fsp3) is 0.692. The summed E-state index contributed by atoms with van der Waals surface area (Å²) in [6.07, 6.45) is 2.16. The van der Waals surface area contributed by atoms with Crippen LogP contribution in [-0.4, -0.2) is 32.4 Å². The van der Waals surface area contributed by atoms with Crippen molar-refractivity contribution in [3.05, 3.63) is 16.9 Å². The van der Waals surface area contributed by atoms with E-state index in [0.717, 1.165) is 5.69 Å². The maximum atomic E-state index is 11.5. The number of aromatic nitrogens is 2. The van der Waals surface area contributed by atoms with Gasteiger partial charge in [0.25, 0.3) is 0 Å². The summed E-state index contributed by atoms with van der Waals surface area (Å²) in [5.74, 6) is -0.858. The first-order chi connectivity index (χ1) is 8.65. The Morgan fingerprint density at radius 3 is 2.53 bits per heavy atom. The maximum Gasteiger partial charge on any atom is 0.323 e. The summed E-state index contributed by atoms with van der Waals surface area (Å²) in [5.41, 5.74) is -0.234. The normalized spacial score (nSPS) is 16.4. The van der Waals surface area contributed by atoms with Crippen molar-refractivity contribution < 1.29 is 9.90 Å². The lowest BCUT2D eigenvalue weighted by atomic mass is 9.93. The zero-order valence-corrected chi connectivity index (χ0v) is 12.8. The van der Waals surface area contributed by atoms with Gasteiger partial charge in [-0.25, -0.2) is 0 Å². The molecule has 0 saturated carbocycles. The van der Waals surface area contributed by atoms with Gasteiger partial charge >= 0.3 is 5.97 Å². The summed E-state index contributed by atoms with van der Waals surface area (Å²) in [7, 11) is 0. The maximum absolute atomic E-state index is 11.5. The minimum atomic E-state index is -0.986. The van der Waals surface area contributed by atoms with Crippen molar-refractivity contribution >= 4 is 17.6 Å². The number of hydrogen-bond acceptors (Lipinski definition) is 3. The molecule has 0 aliphatic carbocycles. The third-order valence-corrected chi connectivity index (χ3v) is 3.46. The molecule has 1 aromatic rings. The highest BCUT2D eigenvalue weighted by molar-refractivity contribution is 6.31. The van der Waals surface area contributed by atoms with Crippen molar-refractivity contribution in [2.75, 3.05) is 0 Å². The first-order valence-electron chi connectivity index (χ1n) is 6.38. The standard InChI is InChI=1S/C13H22ClN3O2/c1-8(2)15-13(5,12(18)19)6-9(3)17-7-11(14)10(4)16-17/h7-9,15H,6H2,1-5H3,(H,18,19). The fourth-order valence-electron chi connectivity index (χ4n) is 2.21. The highest BCUT2D eigenvalue weighted by Gasteiger charge is 2.35. The van der Waals surface area contributed by atoms with E-state index in [-0.39, 0.29) is 12.1 Å². The Bertz CT molecular complexity index is 439. The van der Waals surface area contributed by atoms with Crippen LogP contribution in [0, 0.1) is 6.92 Å². The summed E-state index contributed by atoms with van der Waals surface area (Å²) in [5, 5.41) is 17.4. The molecule has 1 aromatic heterocycles. The van der Waals surface area contributed by atoms with Crippen molar-refractivity contribution in [3.63, 3.8) is 0 Å². The van der Waals surface area contributed by atoms with Gasteiger partial charge in [-0.2, -0.15) is 5.10 Å². The molecule has 2 unspecified atom stereocenters. The third-order valence-electron chi connectivity index (χ3n) is 3.09. The average Bonchev–Trinajstić information content (AvgIpc) is 2.57. The summed E-state index contributed by atoms with van der Waals surface area (Å²) in [6.45, 7) is 9.33. The van der Waals surface area contributed by atoms with E-state index >= 15 is 0 Å². The predicted molar refractivity (Wildman–Crippen MR) is 75.6 cm³/mol. The number of aryl methyl sites for hydroxylation is 1. The van der Waals surface area contributed by atoms with Gasteiger partial charge in [0.05, 0.1) is 16.8 Å². The van der Waals surface area contributed by atoms with Crippen molar-refractivity contribution in [3.8, 4) is 0 Å². The number of hydrogen-bond donors (Lipinski definition) is 2. The zero-order chi connectivity index (χ0) is 14.8. The Labute approximate surface area is 118 Å². The van der Waals surface area contributed by atoms with E-state index in [2.05, 4.69) is 10.4 Å². The molecule has 0 amide bonds. The molecule has 0 bridgehead atoms. The van der Waals surface area contributed by atoms with Crippen LogP contribution >= 0.6 is 11.6 Å². The molecule has 2 N–H and O–H groups in total. The quantitative estimate of drug-likeness (QED) is 0.844. The summed E-state index contributed by atoms with van der Waals surface area (Å²) in [4.78, 5) is 11.5. The molecule has 108 valence electrons. The second-order valence-corrected chi connectivity index (χ2v) is 5.94. The van der Waals surface area contributed by atoms with E-state index < -0.39 is 11.5 Å². The number of carbonyl (C=O) groups is 1. The molecule has 0 aromatic carbocycles.